The predicted molar refractivity (Wildman–Crippen MR) is 134 cm³/mol. The van der Waals surface area contributed by atoms with Crippen LogP contribution in [0.2, 0.25) is 0 Å². The van der Waals surface area contributed by atoms with Crippen LogP contribution in [0.5, 0.6) is 17.2 Å². The average molecular weight is 483 g/mol. The van der Waals surface area contributed by atoms with Gasteiger partial charge in [0.15, 0.2) is 11.5 Å². The van der Waals surface area contributed by atoms with E-state index in [0.29, 0.717) is 48.1 Å². The zero-order valence-electron chi connectivity index (χ0n) is 21.0. The second-order valence-corrected chi connectivity index (χ2v) is 8.60. The van der Waals surface area contributed by atoms with Crippen molar-refractivity contribution < 1.29 is 28.9 Å². The standard InChI is InChI=1S/C27H34N2O6/c1-6-7-17-35-19-13-11-18(12-14-19)24(30)22-23(20-9-8-10-21(33-4)26(20)34-5)29(16-15-28(2)3)27(32)25(22)31/h8-14,23,30H,6-7,15-17H2,1-5H3/b24-22+/t23-/m1/s1. The van der Waals surface area contributed by atoms with E-state index in [1.54, 1.807) is 42.5 Å². The molecule has 0 radical (unpaired) electrons. The van der Waals surface area contributed by atoms with Crippen molar-refractivity contribution >= 4 is 17.4 Å². The van der Waals surface area contributed by atoms with Crippen LogP contribution >= 0.6 is 0 Å². The van der Waals surface area contributed by atoms with Gasteiger partial charge in [0, 0.05) is 24.2 Å². The molecule has 188 valence electrons. The lowest BCUT2D eigenvalue weighted by Crippen LogP contribution is -2.35. The number of hydrogen-bond donors (Lipinski definition) is 1. The first-order valence-corrected chi connectivity index (χ1v) is 11.7. The van der Waals surface area contributed by atoms with Gasteiger partial charge in [-0.15, -0.1) is 0 Å². The van der Waals surface area contributed by atoms with Gasteiger partial charge in [-0.05, 0) is 50.8 Å². The van der Waals surface area contributed by atoms with Crippen LogP contribution in [-0.2, 0) is 9.59 Å². The molecule has 1 N–H and O–H groups in total. The SMILES string of the molecule is CCCCOc1ccc(/C(O)=C2\C(=O)C(=O)N(CCN(C)C)[C@@H]2c2cccc(OC)c2OC)cc1. The molecule has 1 heterocycles. The Morgan fingerprint density at radius 1 is 1.06 bits per heavy atom. The molecule has 1 amide bonds. The number of carbonyl (C=O) groups excluding carboxylic acids is 2. The largest absolute Gasteiger partial charge is 0.507 e. The van der Waals surface area contributed by atoms with Gasteiger partial charge in [0.2, 0.25) is 0 Å². The maximum atomic E-state index is 13.2. The third-order valence-electron chi connectivity index (χ3n) is 5.95. The lowest BCUT2D eigenvalue weighted by molar-refractivity contribution is -0.140. The van der Waals surface area contributed by atoms with E-state index in [-0.39, 0.29) is 11.3 Å². The van der Waals surface area contributed by atoms with Crippen molar-refractivity contribution in [2.45, 2.75) is 25.8 Å². The maximum Gasteiger partial charge on any atom is 0.295 e. The second kappa shape index (κ2) is 11.8. The molecule has 1 saturated heterocycles. The number of benzene rings is 2. The topological polar surface area (TPSA) is 88.5 Å². The zero-order valence-corrected chi connectivity index (χ0v) is 21.0. The quantitative estimate of drug-likeness (QED) is 0.225. The lowest BCUT2D eigenvalue weighted by Gasteiger charge is -2.28. The number of rotatable bonds is 11. The molecule has 2 aromatic carbocycles. The van der Waals surface area contributed by atoms with Gasteiger partial charge in [-0.25, -0.2) is 0 Å². The summed E-state index contributed by atoms with van der Waals surface area (Å²) in [5, 5.41) is 11.3. The van der Waals surface area contributed by atoms with E-state index in [2.05, 4.69) is 6.92 Å². The highest BCUT2D eigenvalue weighted by Gasteiger charge is 2.47. The second-order valence-electron chi connectivity index (χ2n) is 8.60. The van der Waals surface area contributed by atoms with Gasteiger partial charge in [-0.2, -0.15) is 0 Å². The van der Waals surface area contributed by atoms with Crippen LogP contribution in [-0.4, -0.2) is 74.6 Å². The normalized spacial score (nSPS) is 17.2. The third kappa shape index (κ3) is 5.59. The summed E-state index contributed by atoms with van der Waals surface area (Å²) in [4.78, 5) is 29.8. The summed E-state index contributed by atoms with van der Waals surface area (Å²) >= 11 is 0. The van der Waals surface area contributed by atoms with E-state index in [4.69, 9.17) is 14.2 Å². The van der Waals surface area contributed by atoms with E-state index < -0.39 is 17.7 Å². The molecule has 0 saturated carbocycles. The van der Waals surface area contributed by atoms with Gasteiger partial charge in [-0.3, -0.25) is 9.59 Å². The van der Waals surface area contributed by atoms with Crippen molar-refractivity contribution in [3.63, 3.8) is 0 Å². The molecular weight excluding hydrogens is 448 g/mol. The van der Waals surface area contributed by atoms with Crippen LogP contribution in [0.25, 0.3) is 5.76 Å². The maximum absolute atomic E-state index is 13.2. The minimum atomic E-state index is -0.833. The van der Waals surface area contributed by atoms with Crippen molar-refractivity contribution in [3.8, 4) is 17.2 Å². The molecule has 0 aliphatic carbocycles. The molecule has 0 aromatic heterocycles. The Bertz CT molecular complexity index is 1080. The molecule has 1 fully saturated rings. The molecule has 3 rings (SSSR count). The highest BCUT2D eigenvalue weighted by atomic mass is 16.5. The number of ketones is 1. The van der Waals surface area contributed by atoms with Gasteiger partial charge in [0.1, 0.15) is 11.5 Å². The molecule has 1 aliphatic heterocycles. The molecule has 0 spiro atoms. The Kier molecular flexibility index (Phi) is 8.76. The number of aliphatic hydroxyl groups excluding tert-OH is 1. The summed E-state index contributed by atoms with van der Waals surface area (Å²) in [5.41, 5.74) is 0.996. The number of unbranched alkanes of at least 4 members (excludes halogenated alkanes) is 1. The molecule has 1 atom stereocenters. The van der Waals surface area contributed by atoms with Crippen LogP contribution in [0.3, 0.4) is 0 Å². The number of nitrogens with zero attached hydrogens (tertiary/aromatic N) is 2. The van der Waals surface area contributed by atoms with Crippen LogP contribution in [0.4, 0.5) is 0 Å². The minimum Gasteiger partial charge on any atom is -0.507 e. The number of carbonyl (C=O) groups is 2. The number of likely N-dealkylation sites (tertiary alicyclic amines) is 1. The summed E-state index contributed by atoms with van der Waals surface area (Å²) in [6.07, 6.45) is 1.97. The Hall–Kier alpha value is -3.52. The van der Waals surface area contributed by atoms with Crippen LogP contribution < -0.4 is 14.2 Å². The summed E-state index contributed by atoms with van der Waals surface area (Å²) in [5.74, 6) is -0.0977. The van der Waals surface area contributed by atoms with Gasteiger partial charge in [-0.1, -0.05) is 25.5 Å². The van der Waals surface area contributed by atoms with Crippen LogP contribution in [0.1, 0.15) is 36.9 Å². The number of amides is 1. The summed E-state index contributed by atoms with van der Waals surface area (Å²) in [7, 11) is 6.81. The Labute approximate surface area is 206 Å². The molecule has 0 bridgehead atoms. The fraction of sp³-hybridized carbons (Fsp3) is 0.407. The van der Waals surface area contributed by atoms with Gasteiger partial charge in [0.25, 0.3) is 11.7 Å². The summed E-state index contributed by atoms with van der Waals surface area (Å²) in [6, 6.07) is 11.3. The van der Waals surface area contributed by atoms with E-state index in [1.165, 1.54) is 19.1 Å². The van der Waals surface area contributed by atoms with Gasteiger partial charge < -0.3 is 29.1 Å². The van der Waals surface area contributed by atoms with E-state index in [0.717, 1.165) is 12.8 Å². The summed E-state index contributed by atoms with van der Waals surface area (Å²) in [6.45, 7) is 3.53. The number of methoxy groups -OCH3 is 2. The highest BCUT2D eigenvalue weighted by molar-refractivity contribution is 6.46. The fourth-order valence-electron chi connectivity index (χ4n) is 4.07. The minimum absolute atomic E-state index is 0.0139. The zero-order chi connectivity index (χ0) is 25.5. The first-order chi connectivity index (χ1) is 16.8. The first-order valence-electron chi connectivity index (χ1n) is 11.7. The Balaban J connectivity index is 2.11. The van der Waals surface area contributed by atoms with Crippen LogP contribution in [0.15, 0.2) is 48.0 Å². The van der Waals surface area contributed by atoms with Crippen molar-refractivity contribution in [3.05, 3.63) is 59.2 Å². The van der Waals surface area contributed by atoms with Crippen molar-refractivity contribution in [1.82, 2.24) is 9.80 Å². The number of para-hydroxylation sites is 1. The molecule has 0 unspecified atom stereocenters. The van der Waals surface area contributed by atoms with E-state index in [9.17, 15) is 14.7 Å². The van der Waals surface area contributed by atoms with E-state index in [1.807, 2.05) is 19.0 Å². The molecule has 35 heavy (non-hydrogen) atoms. The molecule has 2 aromatic rings. The molecule has 8 nitrogen and oxygen atoms in total. The first kappa shape index (κ1) is 26.1. The number of aliphatic hydroxyl groups is 1. The molecule has 1 aliphatic rings. The van der Waals surface area contributed by atoms with Gasteiger partial charge >= 0.3 is 0 Å². The predicted octanol–water partition coefficient (Wildman–Crippen LogP) is 3.87. The number of ether oxygens (including phenoxy) is 3. The monoisotopic (exact) mass is 482 g/mol. The Morgan fingerprint density at radius 2 is 1.77 bits per heavy atom. The number of likely N-dealkylation sites (N-methyl/N-ethyl adjacent to an activating group) is 1. The lowest BCUT2D eigenvalue weighted by atomic mass is 9.94. The van der Waals surface area contributed by atoms with Crippen molar-refractivity contribution in [1.29, 1.82) is 0 Å². The average Bonchev–Trinajstić information content (AvgIpc) is 3.11. The van der Waals surface area contributed by atoms with Gasteiger partial charge in [0.05, 0.1) is 32.4 Å². The summed E-state index contributed by atoms with van der Waals surface area (Å²) < 4.78 is 16.8. The van der Waals surface area contributed by atoms with Crippen LogP contribution in [0, 0.1) is 0 Å². The molecule has 8 heteroatoms. The van der Waals surface area contributed by atoms with Crippen molar-refractivity contribution in [2.75, 3.05) is 48.0 Å². The Morgan fingerprint density at radius 3 is 2.37 bits per heavy atom. The number of hydrogen-bond acceptors (Lipinski definition) is 7. The van der Waals surface area contributed by atoms with Crippen molar-refractivity contribution in [2.24, 2.45) is 0 Å². The fourth-order valence-corrected chi connectivity index (χ4v) is 4.07. The third-order valence-corrected chi connectivity index (χ3v) is 5.95. The molecular formula is C27H34N2O6. The highest BCUT2D eigenvalue weighted by Crippen LogP contribution is 2.45. The number of Topliss-reactive ketones (excluding diaryl/α,β-unsaturated/α-hetero) is 1. The smallest absolute Gasteiger partial charge is 0.295 e. The van der Waals surface area contributed by atoms with E-state index >= 15 is 0 Å².